The van der Waals surface area contributed by atoms with Crippen LogP contribution in [0.25, 0.3) is 0 Å². The highest BCUT2D eigenvalue weighted by molar-refractivity contribution is 5.69. The Balaban J connectivity index is 1.87. The summed E-state index contributed by atoms with van der Waals surface area (Å²) in [5.74, 6) is 1.47. The molecule has 0 amide bonds. The Labute approximate surface area is 172 Å². The van der Waals surface area contributed by atoms with Gasteiger partial charge in [-0.05, 0) is 54.0 Å². The summed E-state index contributed by atoms with van der Waals surface area (Å²) in [5, 5.41) is 0. The largest absolute Gasteiger partial charge is 0.497 e. The minimum Gasteiger partial charge on any atom is -0.497 e. The van der Waals surface area contributed by atoms with Crippen LogP contribution in [0.3, 0.4) is 0 Å². The summed E-state index contributed by atoms with van der Waals surface area (Å²) in [5.41, 5.74) is 1.90. The molecule has 5 heteroatoms. The van der Waals surface area contributed by atoms with Gasteiger partial charge in [-0.2, -0.15) is 0 Å². The van der Waals surface area contributed by atoms with Crippen molar-refractivity contribution in [3.63, 3.8) is 0 Å². The molecule has 3 rings (SSSR count). The molecule has 152 valence electrons. The molecule has 29 heavy (non-hydrogen) atoms. The third-order valence-corrected chi connectivity index (χ3v) is 5.22. The molecule has 1 heterocycles. The second-order valence-corrected chi connectivity index (χ2v) is 6.88. The number of benzene rings is 2. The topological polar surface area (TPSA) is 48.0 Å². The van der Waals surface area contributed by atoms with Crippen molar-refractivity contribution < 1.29 is 19.0 Å². The number of ether oxygens (including phenoxy) is 3. The highest BCUT2D eigenvalue weighted by Gasteiger charge is 2.31. The molecule has 0 bridgehead atoms. The van der Waals surface area contributed by atoms with E-state index in [0.29, 0.717) is 6.42 Å². The molecule has 2 aromatic rings. The lowest BCUT2D eigenvalue weighted by atomic mass is 9.73. The average Bonchev–Trinajstić information content (AvgIpc) is 2.79. The lowest BCUT2D eigenvalue weighted by molar-refractivity contribution is -0.140. The minimum atomic E-state index is -0.391. The predicted molar refractivity (Wildman–Crippen MR) is 113 cm³/mol. The van der Waals surface area contributed by atoms with Gasteiger partial charge in [0.05, 0.1) is 26.7 Å². The summed E-state index contributed by atoms with van der Waals surface area (Å²) in [6, 6.07) is 16.3. The standard InChI is InChI=1S/C24H27NO4/c1-27-21-10-6-19(7-11-21)24(20-8-12-22(28-2)13-9-20)14-17-25(18-15-24)16-4-5-23(26)29-3/h6-15,17-18H,4-5,16H2,1-3H3. The molecule has 0 fully saturated rings. The van der Waals surface area contributed by atoms with Crippen molar-refractivity contribution >= 4 is 5.97 Å². The first-order chi connectivity index (χ1) is 14.1. The first-order valence-corrected chi connectivity index (χ1v) is 9.61. The van der Waals surface area contributed by atoms with E-state index in [4.69, 9.17) is 14.2 Å². The fraction of sp³-hybridized carbons (Fsp3) is 0.292. The molecule has 2 aromatic carbocycles. The summed E-state index contributed by atoms with van der Waals surface area (Å²) in [6.07, 6.45) is 9.68. The molecule has 0 aromatic heterocycles. The lowest BCUT2D eigenvalue weighted by Gasteiger charge is -2.34. The zero-order chi connectivity index (χ0) is 20.7. The number of carbonyl (C=O) groups is 1. The van der Waals surface area contributed by atoms with Crippen LogP contribution in [0.15, 0.2) is 73.1 Å². The van der Waals surface area contributed by atoms with E-state index in [0.717, 1.165) is 35.6 Å². The van der Waals surface area contributed by atoms with E-state index in [9.17, 15) is 4.79 Å². The minimum absolute atomic E-state index is 0.180. The molecule has 0 spiro atoms. The van der Waals surface area contributed by atoms with Gasteiger partial charge in [-0.3, -0.25) is 4.79 Å². The normalized spacial score (nSPS) is 14.5. The average molecular weight is 393 g/mol. The first kappa shape index (κ1) is 20.5. The zero-order valence-corrected chi connectivity index (χ0v) is 17.1. The van der Waals surface area contributed by atoms with Gasteiger partial charge in [-0.15, -0.1) is 0 Å². The number of esters is 1. The smallest absolute Gasteiger partial charge is 0.305 e. The molecule has 0 N–H and O–H groups in total. The van der Waals surface area contributed by atoms with Gasteiger partial charge >= 0.3 is 5.97 Å². The van der Waals surface area contributed by atoms with E-state index in [-0.39, 0.29) is 5.97 Å². The maximum Gasteiger partial charge on any atom is 0.305 e. The molecule has 1 aliphatic rings. The quantitative estimate of drug-likeness (QED) is 0.627. The van der Waals surface area contributed by atoms with E-state index in [1.807, 2.05) is 24.3 Å². The van der Waals surface area contributed by atoms with Gasteiger partial charge in [-0.1, -0.05) is 24.3 Å². The summed E-state index contributed by atoms with van der Waals surface area (Å²) < 4.78 is 15.3. The van der Waals surface area contributed by atoms with E-state index in [1.54, 1.807) is 14.2 Å². The van der Waals surface area contributed by atoms with Crippen molar-refractivity contribution in [1.82, 2.24) is 4.90 Å². The van der Waals surface area contributed by atoms with Gasteiger partial charge in [0.2, 0.25) is 0 Å². The number of hydrogen-bond donors (Lipinski definition) is 0. The number of hydrogen-bond acceptors (Lipinski definition) is 5. The lowest BCUT2D eigenvalue weighted by Crippen LogP contribution is -2.28. The SMILES string of the molecule is COC(=O)CCCN1C=CC(c2ccc(OC)cc2)(c2ccc(OC)cc2)C=C1. The van der Waals surface area contributed by atoms with Crippen molar-refractivity contribution in [3.05, 3.63) is 84.2 Å². The van der Waals surface area contributed by atoms with Gasteiger partial charge in [0, 0.05) is 25.4 Å². The van der Waals surface area contributed by atoms with Gasteiger partial charge < -0.3 is 19.1 Å². The van der Waals surface area contributed by atoms with Gasteiger partial charge in [0.15, 0.2) is 0 Å². The maximum absolute atomic E-state index is 11.3. The fourth-order valence-electron chi connectivity index (χ4n) is 3.47. The van der Waals surface area contributed by atoms with E-state index in [2.05, 4.69) is 53.7 Å². The van der Waals surface area contributed by atoms with E-state index in [1.165, 1.54) is 7.11 Å². The highest BCUT2D eigenvalue weighted by Crippen LogP contribution is 2.39. The van der Waals surface area contributed by atoms with Crippen molar-refractivity contribution in [2.24, 2.45) is 0 Å². The molecule has 0 aliphatic carbocycles. The number of allylic oxidation sites excluding steroid dienone is 2. The Morgan fingerprint density at radius 1 is 0.828 bits per heavy atom. The van der Waals surface area contributed by atoms with Crippen molar-refractivity contribution in [1.29, 1.82) is 0 Å². The van der Waals surface area contributed by atoms with Crippen molar-refractivity contribution in [3.8, 4) is 11.5 Å². The number of rotatable bonds is 8. The molecule has 0 atom stereocenters. The summed E-state index contributed by atoms with van der Waals surface area (Å²) in [4.78, 5) is 13.4. The van der Waals surface area contributed by atoms with E-state index < -0.39 is 5.41 Å². The number of nitrogens with zero attached hydrogens (tertiary/aromatic N) is 1. The molecular weight excluding hydrogens is 366 g/mol. The van der Waals surface area contributed by atoms with Crippen LogP contribution in [0.4, 0.5) is 0 Å². The first-order valence-electron chi connectivity index (χ1n) is 9.61. The molecule has 0 radical (unpaired) electrons. The van der Waals surface area contributed by atoms with Crippen molar-refractivity contribution in [2.75, 3.05) is 27.9 Å². The molecule has 0 unspecified atom stereocenters. The van der Waals surface area contributed by atoms with Crippen LogP contribution >= 0.6 is 0 Å². The van der Waals surface area contributed by atoms with E-state index >= 15 is 0 Å². The second kappa shape index (κ2) is 9.32. The third-order valence-electron chi connectivity index (χ3n) is 5.22. The van der Waals surface area contributed by atoms with Crippen LogP contribution in [-0.2, 0) is 14.9 Å². The monoisotopic (exact) mass is 393 g/mol. The Morgan fingerprint density at radius 3 is 1.72 bits per heavy atom. The molecule has 0 saturated heterocycles. The summed E-state index contributed by atoms with van der Waals surface area (Å²) in [6.45, 7) is 0.753. The predicted octanol–water partition coefficient (Wildman–Crippen LogP) is 4.29. The molecule has 5 nitrogen and oxygen atoms in total. The number of methoxy groups -OCH3 is 3. The van der Waals surface area contributed by atoms with Gasteiger partial charge in [-0.25, -0.2) is 0 Å². The summed E-state index contributed by atoms with van der Waals surface area (Å²) in [7, 11) is 4.75. The van der Waals surface area contributed by atoms with Gasteiger partial charge in [0.25, 0.3) is 0 Å². The Hall–Kier alpha value is -3.21. The molecule has 1 aliphatic heterocycles. The Kier molecular flexibility index (Phi) is 6.60. The van der Waals surface area contributed by atoms with Crippen LogP contribution in [0.5, 0.6) is 11.5 Å². The highest BCUT2D eigenvalue weighted by atomic mass is 16.5. The molecule has 0 saturated carbocycles. The molecular formula is C24H27NO4. The van der Waals surface area contributed by atoms with Crippen LogP contribution in [0.2, 0.25) is 0 Å². The fourth-order valence-corrected chi connectivity index (χ4v) is 3.47. The van der Waals surface area contributed by atoms with Crippen LogP contribution in [-0.4, -0.2) is 38.7 Å². The van der Waals surface area contributed by atoms with Crippen LogP contribution in [0, 0.1) is 0 Å². The van der Waals surface area contributed by atoms with Crippen LogP contribution < -0.4 is 9.47 Å². The summed E-state index contributed by atoms with van der Waals surface area (Å²) >= 11 is 0. The van der Waals surface area contributed by atoms with Gasteiger partial charge in [0.1, 0.15) is 11.5 Å². The third kappa shape index (κ3) is 4.62. The zero-order valence-electron chi connectivity index (χ0n) is 17.1. The number of carbonyl (C=O) groups excluding carboxylic acids is 1. The van der Waals surface area contributed by atoms with Crippen molar-refractivity contribution in [2.45, 2.75) is 18.3 Å². The van der Waals surface area contributed by atoms with Crippen LogP contribution in [0.1, 0.15) is 24.0 Å². The maximum atomic E-state index is 11.3. The second-order valence-electron chi connectivity index (χ2n) is 6.88. The Morgan fingerprint density at radius 2 is 1.31 bits per heavy atom. The Bertz CT molecular complexity index is 805.